The lowest BCUT2D eigenvalue weighted by Crippen LogP contribution is -2.15. The second kappa shape index (κ2) is 5.57. The molecule has 0 aliphatic carbocycles. The van der Waals surface area contributed by atoms with Crippen LogP contribution in [0.4, 0.5) is 5.88 Å². The Morgan fingerprint density at radius 1 is 1.24 bits per heavy atom. The first-order chi connectivity index (χ1) is 10.1. The summed E-state index contributed by atoms with van der Waals surface area (Å²) in [6, 6.07) is 6.24. The Morgan fingerprint density at radius 3 is 2.52 bits per heavy atom. The molecule has 6 nitrogen and oxygen atoms in total. The van der Waals surface area contributed by atoms with Crippen LogP contribution in [0.1, 0.15) is 16.2 Å². The quantitative estimate of drug-likeness (QED) is 0.459. The minimum absolute atomic E-state index is 0.317. The lowest BCUT2D eigenvalue weighted by atomic mass is 10.1. The van der Waals surface area contributed by atoms with Crippen LogP contribution >= 0.6 is 27.5 Å². The van der Waals surface area contributed by atoms with Gasteiger partial charge in [0.1, 0.15) is 23.9 Å². The zero-order valence-corrected chi connectivity index (χ0v) is 12.9. The molecule has 8 heteroatoms. The lowest BCUT2D eigenvalue weighted by Gasteiger charge is -2.20. The van der Waals surface area contributed by atoms with Crippen molar-refractivity contribution in [3.63, 3.8) is 0 Å². The molecular formula is C13H9BrClNO5. The molecule has 0 amide bonds. The van der Waals surface area contributed by atoms with Gasteiger partial charge in [-0.2, -0.15) is 0 Å². The fourth-order valence-electron chi connectivity index (χ4n) is 2.00. The van der Waals surface area contributed by atoms with E-state index >= 15 is 0 Å². The minimum Gasteiger partial charge on any atom is -0.486 e. The second-order valence-corrected chi connectivity index (χ2v) is 5.64. The van der Waals surface area contributed by atoms with Gasteiger partial charge in [-0.3, -0.25) is 10.1 Å². The smallest absolute Gasteiger partial charge is 0.433 e. The maximum absolute atomic E-state index is 10.7. The molecule has 0 saturated carbocycles. The normalized spacial score (nSPS) is 14.8. The molecule has 2 aromatic rings. The van der Waals surface area contributed by atoms with E-state index in [0.29, 0.717) is 41.1 Å². The predicted molar refractivity (Wildman–Crippen MR) is 78.6 cm³/mol. The summed E-state index contributed by atoms with van der Waals surface area (Å²) in [4.78, 5) is 9.66. The van der Waals surface area contributed by atoms with Crippen LogP contribution < -0.4 is 9.47 Å². The van der Waals surface area contributed by atoms with Gasteiger partial charge < -0.3 is 13.9 Å². The summed E-state index contributed by atoms with van der Waals surface area (Å²) in [5.74, 6) is 1.25. The molecule has 0 spiro atoms. The summed E-state index contributed by atoms with van der Waals surface area (Å²) >= 11 is 9.67. The van der Waals surface area contributed by atoms with E-state index in [9.17, 15) is 10.1 Å². The highest BCUT2D eigenvalue weighted by Crippen LogP contribution is 2.43. The third kappa shape index (κ3) is 2.71. The number of halogens is 2. The van der Waals surface area contributed by atoms with Crippen LogP contribution in [0.25, 0.3) is 0 Å². The van der Waals surface area contributed by atoms with Crippen LogP contribution in [-0.4, -0.2) is 18.1 Å². The lowest BCUT2D eigenvalue weighted by molar-refractivity contribution is -0.402. The van der Waals surface area contributed by atoms with Crippen molar-refractivity contribution >= 4 is 33.4 Å². The Kier molecular flexibility index (Phi) is 3.77. The summed E-state index contributed by atoms with van der Waals surface area (Å²) in [6.07, 6.45) is 0. The zero-order chi connectivity index (χ0) is 15.0. The number of alkyl halides is 1. The van der Waals surface area contributed by atoms with E-state index in [2.05, 4.69) is 15.9 Å². The predicted octanol–water partition coefficient (Wildman–Crippen LogP) is 4.10. The van der Waals surface area contributed by atoms with Crippen molar-refractivity contribution in [2.24, 2.45) is 0 Å². The van der Waals surface area contributed by atoms with Gasteiger partial charge in [0.2, 0.25) is 0 Å². The Hall–Kier alpha value is -1.73. The number of furan rings is 1. The van der Waals surface area contributed by atoms with Crippen molar-refractivity contribution < 1.29 is 18.8 Å². The van der Waals surface area contributed by atoms with Gasteiger partial charge in [0, 0.05) is 11.1 Å². The van der Waals surface area contributed by atoms with Crippen molar-refractivity contribution in [1.29, 1.82) is 0 Å². The molecular weight excluding hydrogens is 366 g/mol. The minimum atomic E-state index is -0.589. The molecule has 1 aliphatic rings. The molecule has 0 fully saturated rings. The standard InChI is InChI=1S/C13H9BrClNO5/c14-13(9-1-2-12(21-9)16(17)18)7-5-10-11(6-8(7)15)20-4-3-19-10/h1-2,5-6,13H,3-4H2. The molecule has 0 saturated heterocycles. The van der Waals surface area contributed by atoms with Crippen LogP contribution in [0.2, 0.25) is 5.02 Å². The van der Waals surface area contributed by atoms with E-state index in [0.717, 1.165) is 0 Å². The summed E-state index contributed by atoms with van der Waals surface area (Å²) in [7, 11) is 0. The molecule has 0 bridgehead atoms. The number of fused-ring (bicyclic) bond motifs is 1. The first kappa shape index (κ1) is 14.2. The molecule has 1 aromatic heterocycles. The molecule has 21 heavy (non-hydrogen) atoms. The maximum atomic E-state index is 10.7. The van der Waals surface area contributed by atoms with E-state index in [1.807, 2.05) is 0 Å². The number of hydrogen-bond donors (Lipinski definition) is 0. The Bertz CT molecular complexity index is 702. The van der Waals surface area contributed by atoms with Crippen molar-refractivity contribution in [2.75, 3.05) is 13.2 Å². The Morgan fingerprint density at radius 2 is 1.90 bits per heavy atom. The van der Waals surface area contributed by atoms with Gasteiger partial charge in [-0.05, 0) is 17.7 Å². The van der Waals surface area contributed by atoms with Gasteiger partial charge >= 0.3 is 5.88 Å². The summed E-state index contributed by atoms with van der Waals surface area (Å²) in [5, 5.41) is 11.1. The first-order valence-corrected chi connectivity index (χ1v) is 7.33. The monoisotopic (exact) mass is 373 g/mol. The van der Waals surface area contributed by atoms with Crippen LogP contribution in [0.5, 0.6) is 11.5 Å². The topological polar surface area (TPSA) is 74.7 Å². The summed E-state index contributed by atoms with van der Waals surface area (Å²) in [6.45, 7) is 0.943. The fourth-order valence-corrected chi connectivity index (χ4v) is 3.02. The van der Waals surface area contributed by atoms with Crippen molar-refractivity contribution in [2.45, 2.75) is 4.83 Å². The van der Waals surface area contributed by atoms with Gasteiger partial charge in [0.25, 0.3) is 0 Å². The van der Waals surface area contributed by atoms with Crippen LogP contribution in [0.3, 0.4) is 0 Å². The van der Waals surface area contributed by atoms with Crippen molar-refractivity contribution in [3.05, 3.63) is 50.7 Å². The number of nitro groups is 1. The van der Waals surface area contributed by atoms with Gasteiger partial charge in [0.15, 0.2) is 11.5 Å². The fraction of sp³-hybridized carbons (Fsp3) is 0.231. The van der Waals surface area contributed by atoms with Crippen LogP contribution in [0, 0.1) is 10.1 Å². The van der Waals surface area contributed by atoms with E-state index in [1.165, 1.54) is 12.1 Å². The highest BCUT2D eigenvalue weighted by molar-refractivity contribution is 9.09. The molecule has 1 aliphatic heterocycles. The SMILES string of the molecule is O=[N+]([O-])c1ccc(C(Br)c2cc3c(cc2Cl)OCCO3)o1. The molecule has 1 atom stereocenters. The maximum Gasteiger partial charge on any atom is 0.433 e. The van der Waals surface area contributed by atoms with E-state index < -0.39 is 9.75 Å². The number of nitrogens with zero attached hydrogens (tertiary/aromatic N) is 1. The van der Waals surface area contributed by atoms with Gasteiger partial charge in [0.05, 0.1) is 10.9 Å². The van der Waals surface area contributed by atoms with E-state index in [4.69, 9.17) is 25.5 Å². The number of ether oxygens (including phenoxy) is 2. The van der Waals surface area contributed by atoms with Gasteiger partial charge in [-0.15, -0.1) is 0 Å². The highest BCUT2D eigenvalue weighted by atomic mass is 79.9. The molecule has 0 radical (unpaired) electrons. The van der Waals surface area contributed by atoms with Crippen LogP contribution in [0.15, 0.2) is 28.7 Å². The number of hydrogen-bond acceptors (Lipinski definition) is 5. The number of rotatable bonds is 3. The third-order valence-electron chi connectivity index (χ3n) is 2.98. The molecule has 1 aromatic carbocycles. The van der Waals surface area contributed by atoms with Crippen molar-refractivity contribution in [1.82, 2.24) is 0 Å². The summed E-state index contributed by atoms with van der Waals surface area (Å²) < 4.78 is 16.1. The summed E-state index contributed by atoms with van der Waals surface area (Å²) in [5.41, 5.74) is 0.685. The van der Waals surface area contributed by atoms with Crippen molar-refractivity contribution in [3.8, 4) is 11.5 Å². The second-order valence-electron chi connectivity index (χ2n) is 4.31. The van der Waals surface area contributed by atoms with Gasteiger partial charge in [-0.25, -0.2) is 0 Å². The molecule has 0 N–H and O–H groups in total. The van der Waals surface area contributed by atoms with E-state index in [-0.39, 0.29) is 5.88 Å². The average Bonchev–Trinajstić information content (AvgIpc) is 2.96. The van der Waals surface area contributed by atoms with E-state index in [1.54, 1.807) is 12.1 Å². The third-order valence-corrected chi connectivity index (χ3v) is 4.25. The first-order valence-electron chi connectivity index (χ1n) is 6.03. The molecule has 3 rings (SSSR count). The highest BCUT2D eigenvalue weighted by Gasteiger charge is 2.24. The largest absolute Gasteiger partial charge is 0.486 e. The zero-order valence-electron chi connectivity index (χ0n) is 10.5. The molecule has 110 valence electrons. The Balaban J connectivity index is 1.96. The molecule has 1 unspecified atom stereocenters. The average molecular weight is 375 g/mol. The van der Waals surface area contributed by atoms with Gasteiger partial charge in [-0.1, -0.05) is 27.5 Å². The molecule has 2 heterocycles. The Labute approximate surface area is 132 Å². The number of benzene rings is 1. The van der Waals surface area contributed by atoms with Crippen LogP contribution in [-0.2, 0) is 0 Å².